The zero-order chi connectivity index (χ0) is 16.0. The normalized spacial score (nSPS) is 23.1. The van der Waals surface area contributed by atoms with E-state index in [0.717, 1.165) is 10.7 Å². The van der Waals surface area contributed by atoms with Crippen LogP contribution < -0.4 is 0 Å². The standard InChI is InChI=1S/C12H21NO6S2/c1-3-5-10-13(9(8-20-10)12(15)16)21(17,18)7-4-6-11(14)19-2/h9-10H,3-8H2,1-2H3,(H,15,16). The van der Waals surface area contributed by atoms with Crippen molar-refractivity contribution in [1.29, 1.82) is 0 Å². The minimum atomic E-state index is -3.71. The first kappa shape index (κ1) is 18.2. The van der Waals surface area contributed by atoms with Gasteiger partial charge in [0.2, 0.25) is 10.0 Å². The lowest BCUT2D eigenvalue weighted by Gasteiger charge is -2.26. The number of methoxy groups -OCH3 is 1. The maximum absolute atomic E-state index is 12.4. The van der Waals surface area contributed by atoms with E-state index in [0.29, 0.717) is 6.42 Å². The van der Waals surface area contributed by atoms with Crippen LogP contribution in [0.15, 0.2) is 0 Å². The molecule has 0 aliphatic carbocycles. The summed E-state index contributed by atoms with van der Waals surface area (Å²) in [6.07, 6.45) is 1.52. The first-order chi connectivity index (χ1) is 9.83. The molecule has 1 aliphatic heterocycles. The van der Waals surface area contributed by atoms with E-state index in [-0.39, 0.29) is 29.7 Å². The maximum atomic E-state index is 12.4. The van der Waals surface area contributed by atoms with E-state index in [1.807, 2.05) is 6.92 Å². The van der Waals surface area contributed by atoms with Crippen molar-refractivity contribution < 1.29 is 27.9 Å². The molecule has 1 N–H and O–H groups in total. The highest BCUT2D eigenvalue weighted by molar-refractivity contribution is 8.01. The molecule has 21 heavy (non-hydrogen) atoms. The minimum Gasteiger partial charge on any atom is -0.480 e. The number of carboxylic acid groups (broad SMARTS) is 1. The van der Waals surface area contributed by atoms with Crippen LogP contribution in [0.3, 0.4) is 0 Å². The number of ether oxygens (including phenoxy) is 1. The summed E-state index contributed by atoms with van der Waals surface area (Å²) in [6, 6.07) is -1.02. The summed E-state index contributed by atoms with van der Waals surface area (Å²) in [5.74, 6) is -1.58. The van der Waals surface area contributed by atoms with Gasteiger partial charge in [0.15, 0.2) is 0 Å². The molecule has 0 spiro atoms. The summed E-state index contributed by atoms with van der Waals surface area (Å²) in [5, 5.41) is 8.86. The van der Waals surface area contributed by atoms with Gasteiger partial charge in [-0.15, -0.1) is 11.8 Å². The highest BCUT2D eigenvalue weighted by atomic mass is 32.2. The Labute approximate surface area is 129 Å². The van der Waals surface area contributed by atoms with E-state index >= 15 is 0 Å². The van der Waals surface area contributed by atoms with Crippen LogP contribution in [0.25, 0.3) is 0 Å². The largest absolute Gasteiger partial charge is 0.480 e. The molecule has 0 aromatic carbocycles. The van der Waals surface area contributed by atoms with Crippen LogP contribution in [0.5, 0.6) is 0 Å². The Morgan fingerprint density at radius 1 is 1.43 bits per heavy atom. The zero-order valence-electron chi connectivity index (χ0n) is 12.1. The third-order valence-electron chi connectivity index (χ3n) is 3.19. The van der Waals surface area contributed by atoms with Crippen molar-refractivity contribution in [3.05, 3.63) is 0 Å². The Bertz CT molecular complexity index is 478. The van der Waals surface area contributed by atoms with E-state index in [9.17, 15) is 23.1 Å². The molecule has 0 bridgehead atoms. The van der Waals surface area contributed by atoms with Crippen molar-refractivity contribution in [2.75, 3.05) is 18.6 Å². The lowest BCUT2D eigenvalue weighted by atomic mass is 10.3. The molecule has 1 saturated heterocycles. The number of hydrogen-bond donors (Lipinski definition) is 1. The zero-order valence-corrected chi connectivity index (χ0v) is 13.8. The Morgan fingerprint density at radius 3 is 2.62 bits per heavy atom. The van der Waals surface area contributed by atoms with Gasteiger partial charge in [0, 0.05) is 12.2 Å². The van der Waals surface area contributed by atoms with Crippen LogP contribution in [-0.4, -0.2) is 59.8 Å². The minimum absolute atomic E-state index is 0.00684. The van der Waals surface area contributed by atoms with Crippen LogP contribution in [0.2, 0.25) is 0 Å². The van der Waals surface area contributed by atoms with Crippen LogP contribution in [0.4, 0.5) is 0 Å². The van der Waals surface area contributed by atoms with Crippen LogP contribution in [0, 0.1) is 0 Å². The molecule has 2 unspecified atom stereocenters. The fourth-order valence-electron chi connectivity index (χ4n) is 2.17. The molecule has 122 valence electrons. The monoisotopic (exact) mass is 339 g/mol. The molecule has 7 nitrogen and oxygen atoms in total. The molecular weight excluding hydrogens is 318 g/mol. The smallest absolute Gasteiger partial charge is 0.322 e. The van der Waals surface area contributed by atoms with Gasteiger partial charge >= 0.3 is 11.9 Å². The van der Waals surface area contributed by atoms with Gasteiger partial charge in [0.1, 0.15) is 6.04 Å². The van der Waals surface area contributed by atoms with E-state index < -0.39 is 28.0 Å². The van der Waals surface area contributed by atoms with Crippen molar-refractivity contribution >= 4 is 33.7 Å². The molecule has 1 rings (SSSR count). The number of hydrogen-bond acceptors (Lipinski definition) is 6. The molecule has 0 radical (unpaired) electrons. The van der Waals surface area contributed by atoms with E-state index in [2.05, 4.69) is 4.74 Å². The number of carbonyl (C=O) groups excluding carboxylic acids is 1. The van der Waals surface area contributed by atoms with Crippen molar-refractivity contribution in [1.82, 2.24) is 4.31 Å². The molecule has 0 saturated carbocycles. The van der Waals surface area contributed by atoms with Crippen molar-refractivity contribution in [2.45, 2.75) is 44.0 Å². The Kier molecular flexibility index (Phi) is 6.95. The molecule has 1 aliphatic rings. The Hall–Kier alpha value is -0.800. The quantitative estimate of drug-likeness (QED) is 0.656. The van der Waals surface area contributed by atoms with Gasteiger partial charge in [-0.2, -0.15) is 4.31 Å². The van der Waals surface area contributed by atoms with Gasteiger partial charge in [-0.3, -0.25) is 9.59 Å². The SMILES string of the molecule is CCCC1SCC(C(=O)O)N1S(=O)(=O)CCCC(=O)OC. The topological polar surface area (TPSA) is 101 Å². The maximum Gasteiger partial charge on any atom is 0.322 e. The summed E-state index contributed by atoms with van der Waals surface area (Å²) in [4.78, 5) is 22.3. The number of carboxylic acids is 1. The number of nitrogens with zero attached hydrogens (tertiary/aromatic N) is 1. The second-order valence-electron chi connectivity index (χ2n) is 4.76. The van der Waals surface area contributed by atoms with Crippen LogP contribution in [0.1, 0.15) is 32.6 Å². The number of thioether (sulfide) groups is 1. The predicted octanol–water partition coefficient (Wildman–Crippen LogP) is 0.898. The molecular formula is C12H21NO6S2. The van der Waals surface area contributed by atoms with Gasteiger partial charge in [-0.25, -0.2) is 8.42 Å². The first-order valence-corrected chi connectivity index (χ1v) is 9.41. The molecule has 1 heterocycles. The number of aliphatic carboxylic acids is 1. The Balaban J connectivity index is 2.79. The van der Waals surface area contributed by atoms with Gasteiger partial charge in [-0.1, -0.05) is 13.3 Å². The molecule has 0 aromatic rings. The highest BCUT2D eigenvalue weighted by Gasteiger charge is 2.44. The summed E-state index contributed by atoms with van der Waals surface area (Å²) in [7, 11) is -2.46. The second kappa shape index (κ2) is 8.00. The average molecular weight is 339 g/mol. The van der Waals surface area contributed by atoms with E-state index in [1.54, 1.807) is 0 Å². The summed E-state index contributed by atoms with van der Waals surface area (Å²) in [6.45, 7) is 1.93. The van der Waals surface area contributed by atoms with E-state index in [4.69, 9.17) is 0 Å². The van der Waals surface area contributed by atoms with Gasteiger partial charge in [0.05, 0.1) is 18.2 Å². The summed E-state index contributed by atoms with van der Waals surface area (Å²) >= 11 is 1.36. The van der Waals surface area contributed by atoms with E-state index in [1.165, 1.54) is 18.9 Å². The van der Waals surface area contributed by atoms with Crippen LogP contribution >= 0.6 is 11.8 Å². The fraction of sp³-hybridized carbons (Fsp3) is 0.833. The fourth-order valence-corrected chi connectivity index (χ4v) is 5.98. The third-order valence-corrected chi connectivity index (χ3v) is 6.64. The number of sulfonamides is 1. The number of rotatable bonds is 8. The summed E-state index contributed by atoms with van der Waals surface area (Å²) in [5.41, 5.74) is 0. The predicted molar refractivity (Wildman–Crippen MR) is 79.5 cm³/mol. The average Bonchev–Trinajstić information content (AvgIpc) is 2.83. The summed E-state index contributed by atoms with van der Waals surface area (Å²) < 4.78 is 30.4. The van der Waals surface area contributed by atoms with Gasteiger partial charge in [-0.05, 0) is 12.8 Å². The number of esters is 1. The molecule has 2 atom stereocenters. The van der Waals surface area contributed by atoms with Crippen molar-refractivity contribution in [2.24, 2.45) is 0 Å². The molecule has 9 heteroatoms. The number of carbonyl (C=O) groups is 2. The van der Waals surface area contributed by atoms with Crippen molar-refractivity contribution in [3.63, 3.8) is 0 Å². The first-order valence-electron chi connectivity index (χ1n) is 6.76. The highest BCUT2D eigenvalue weighted by Crippen LogP contribution is 2.35. The van der Waals surface area contributed by atoms with Crippen molar-refractivity contribution in [3.8, 4) is 0 Å². The lowest BCUT2D eigenvalue weighted by molar-refractivity contribution is -0.141. The third kappa shape index (κ3) is 4.86. The molecule has 1 fully saturated rings. The van der Waals surface area contributed by atoms with Crippen LogP contribution in [-0.2, 0) is 24.3 Å². The second-order valence-corrected chi connectivity index (χ2v) is 7.96. The Morgan fingerprint density at radius 2 is 2.10 bits per heavy atom. The molecule has 0 aromatic heterocycles. The van der Waals surface area contributed by atoms with Gasteiger partial charge < -0.3 is 9.84 Å². The lowest BCUT2D eigenvalue weighted by Crippen LogP contribution is -2.46. The van der Waals surface area contributed by atoms with Gasteiger partial charge in [0.25, 0.3) is 0 Å². The molecule has 0 amide bonds.